The fraction of sp³-hybridized carbons (Fsp3) is 0.105. The first-order valence-electron chi connectivity index (χ1n) is 7.63. The van der Waals surface area contributed by atoms with Gasteiger partial charge in [0.15, 0.2) is 0 Å². The summed E-state index contributed by atoms with van der Waals surface area (Å²) in [7, 11) is 0. The molecule has 0 amide bonds. The van der Waals surface area contributed by atoms with Gasteiger partial charge in [-0.3, -0.25) is 0 Å². The Labute approximate surface area is 134 Å². The summed E-state index contributed by atoms with van der Waals surface area (Å²) < 4.78 is 7.87. The van der Waals surface area contributed by atoms with Crippen molar-refractivity contribution in [3.63, 3.8) is 0 Å². The predicted molar refractivity (Wildman–Crippen MR) is 93.6 cm³/mol. The largest absolute Gasteiger partial charge is 0.492 e. The van der Waals surface area contributed by atoms with E-state index in [0.717, 1.165) is 16.8 Å². The first-order chi connectivity index (χ1) is 11.3. The minimum Gasteiger partial charge on any atom is -0.492 e. The van der Waals surface area contributed by atoms with Gasteiger partial charge < -0.3 is 15.0 Å². The number of para-hydroxylation sites is 2. The van der Waals surface area contributed by atoms with Gasteiger partial charge in [-0.05, 0) is 35.0 Å². The molecule has 0 fully saturated rings. The second kappa shape index (κ2) is 5.65. The van der Waals surface area contributed by atoms with Crippen LogP contribution in [-0.2, 0) is 6.54 Å². The second-order valence-electron chi connectivity index (χ2n) is 5.47. The number of aromatic nitrogens is 2. The van der Waals surface area contributed by atoms with Crippen LogP contribution in [0.15, 0.2) is 66.7 Å². The molecule has 0 aliphatic carbocycles. The molecule has 0 unspecified atom stereocenters. The van der Waals surface area contributed by atoms with Crippen molar-refractivity contribution in [3.05, 3.63) is 66.7 Å². The van der Waals surface area contributed by atoms with Crippen LogP contribution in [0.3, 0.4) is 0 Å². The summed E-state index contributed by atoms with van der Waals surface area (Å²) in [5.74, 6) is 1.39. The zero-order valence-electron chi connectivity index (χ0n) is 12.6. The van der Waals surface area contributed by atoms with E-state index in [9.17, 15) is 0 Å². The molecule has 2 N–H and O–H groups in total. The average molecular weight is 303 g/mol. The average Bonchev–Trinajstić information content (AvgIpc) is 2.90. The highest BCUT2D eigenvalue weighted by Gasteiger charge is 2.07. The van der Waals surface area contributed by atoms with Crippen molar-refractivity contribution < 1.29 is 4.74 Å². The van der Waals surface area contributed by atoms with Crippen molar-refractivity contribution >= 4 is 27.8 Å². The third-order valence-corrected chi connectivity index (χ3v) is 3.99. The maximum Gasteiger partial charge on any atom is 0.201 e. The van der Waals surface area contributed by atoms with Crippen LogP contribution in [0.1, 0.15) is 0 Å². The molecule has 1 aromatic heterocycles. The molecular formula is C19H17N3O. The Kier molecular flexibility index (Phi) is 3.35. The molecule has 0 bridgehead atoms. The standard InChI is InChI=1S/C19H17N3O/c20-19-21-17-7-3-4-8-18(17)22(19)11-12-23-16-10-9-14-5-1-2-6-15(14)13-16/h1-10,13H,11-12H2,(H2,20,21). The van der Waals surface area contributed by atoms with Crippen molar-refractivity contribution in [1.29, 1.82) is 0 Å². The Morgan fingerprint density at radius 3 is 2.61 bits per heavy atom. The lowest BCUT2D eigenvalue weighted by molar-refractivity contribution is 0.301. The summed E-state index contributed by atoms with van der Waals surface area (Å²) in [4.78, 5) is 4.36. The van der Waals surface area contributed by atoms with Gasteiger partial charge in [0.1, 0.15) is 12.4 Å². The van der Waals surface area contributed by atoms with Gasteiger partial charge in [0, 0.05) is 0 Å². The number of ether oxygens (including phenoxy) is 1. The van der Waals surface area contributed by atoms with Gasteiger partial charge >= 0.3 is 0 Å². The third kappa shape index (κ3) is 2.59. The molecule has 0 radical (unpaired) electrons. The van der Waals surface area contributed by atoms with Gasteiger partial charge in [0.25, 0.3) is 0 Å². The summed E-state index contributed by atoms with van der Waals surface area (Å²) in [5, 5.41) is 2.39. The molecule has 114 valence electrons. The highest BCUT2D eigenvalue weighted by atomic mass is 16.5. The van der Waals surface area contributed by atoms with E-state index in [0.29, 0.717) is 19.1 Å². The molecule has 4 aromatic rings. The first-order valence-corrected chi connectivity index (χ1v) is 7.63. The zero-order chi connectivity index (χ0) is 15.6. The van der Waals surface area contributed by atoms with E-state index in [1.807, 2.05) is 47.0 Å². The van der Waals surface area contributed by atoms with E-state index in [-0.39, 0.29) is 0 Å². The predicted octanol–water partition coefficient (Wildman–Crippen LogP) is 3.85. The monoisotopic (exact) mass is 303 g/mol. The number of anilines is 1. The number of hydrogen-bond acceptors (Lipinski definition) is 3. The molecular weight excluding hydrogens is 286 g/mol. The van der Waals surface area contributed by atoms with Crippen LogP contribution < -0.4 is 10.5 Å². The number of benzene rings is 3. The van der Waals surface area contributed by atoms with Crippen LogP contribution in [0.25, 0.3) is 21.8 Å². The minimum atomic E-state index is 0.522. The van der Waals surface area contributed by atoms with Gasteiger partial charge in [-0.25, -0.2) is 4.98 Å². The number of hydrogen-bond donors (Lipinski definition) is 1. The van der Waals surface area contributed by atoms with Gasteiger partial charge in [0.05, 0.1) is 17.6 Å². The molecule has 0 aliphatic heterocycles. The van der Waals surface area contributed by atoms with E-state index in [2.05, 4.69) is 29.2 Å². The third-order valence-electron chi connectivity index (χ3n) is 3.99. The molecule has 0 aliphatic rings. The molecule has 0 atom stereocenters. The summed E-state index contributed by atoms with van der Waals surface area (Å²) >= 11 is 0. The van der Waals surface area contributed by atoms with Crippen LogP contribution in [0.5, 0.6) is 5.75 Å². The number of fused-ring (bicyclic) bond motifs is 2. The molecule has 0 saturated carbocycles. The highest BCUT2D eigenvalue weighted by Crippen LogP contribution is 2.21. The number of rotatable bonds is 4. The summed E-state index contributed by atoms with van der Waals surface area (Å²) in [6, 6.07) is 22.3. The number of nitrogens with two attached hydrogens (primary N) is 1. The van der Waals surface area contributed by atoms with Crippen LogP contribution in [0.2, 0.25) is 0 Å². The van der Waals surface area contributed by atoms with Crippen LogP contribution in [0.4, 0.5) is 5.95 Å². The fourth-order valence-corrected chi connectivity index (χ4v) is 2.84. The molecule has 0 saturated heterocycles. The quantitative estimate of drug-likeness (QED) is 0.623. The summed E-state index contributed by atoms with van der Waals surface area (Å²) in [6.45, 7) is 1.21. The number of nitrogen functional groups attached to an aromatic ring is 1. The molecule has 3 aromatic carbocycles. The summed E-state index contributed by atoms with van der Waals surface area (Å²) in [5.41, 5.74) is 7.95. The lowest BCUT2D eigenvalue weighted by Crippen LogP contribution is -2.10. The van der Waals surface area contributed by atoms with Crippen molar-refractivity contribution in [2.45, 2.75) is 6.54 Å². The summed E-state index contributed by atoms with van der Waals surface area (Å²) in [6.07, 6.45) is 0. The van der Waals surface area contributed by atoms with Crippen LogP contribution >= 0.6 is 0 Å². The van der Waals surface area contributed by atoms with Gasteiger partial charge in [-0.2, -0.15) is 0 Å². The normalized spacial score (nSPS) is 11.1. The van der Waals surface area contributed by atoms with Crippen molar-refractivity contribution in [2.24, 2.45) is 0 Å². The maximum absolute atomic E-state index is 6.00. The van der Waals surface area contributed by atoms with Crippen molar-refractivity contribution in [3.8, 4) is 5.75 Å². The highest BCUT2D eigenvalue weighted by molar-refractivity contribution is 5.83. The SMILES string of the molecule is Nc1nc2ccccc2n1CCOc1ccc2ccccc2c1. The Morgan fingerprint density at radius 2 is 1.70 bits per heavy atom. The minimum absolute atomic E-state index is 0.522. The lowest BCUT2D eigenvalue weighted by Gasteiger charge is -2.09. The Hall–Kier alpha value is -3.01. The Morgan fingerprint density at radius 1 is 0.913 bits per heavy atom. The Balaban J connectivity index is 1.51. The van der Waals surface area contributed by atoms with E-state index < -0.39 is 0 Å². The fourth-order valence-electron chi connectivity index (χ4n) is 2.84. The van der Waals surface area contributed by atoms with Crippen molar-refractivity contribution in [1.82, 2.24) is 9.55 Å². The molecule has 0 spiro atoms. The van der Waals surface area contributed by atoms with Gasteiger partial charge in [-0.15, -0.1) is 0 Å². The number of imidazole rings is 1. The van der Waals surface area contributed by atoms with Gasteiger partial charge in [0.2, 0.25) is 5.95 Å². The molecule has 23 heavy (non-hydrogen) atoms. The zero-order valence-corrected chi connectivity index (χ0v) is 12.6. The van der Waals surface area contributed by atoms with Crippen LogP contribution in [0, 0.1) is 0 Å². The van der Waals surface area contributed by atoms with E-state index >= 15 is 0 Å². The number of nitrogens with zero attached hydrogens (tertiary/aromatic N) is 2. The topological polar surface area (TPSA) is 53.1 Å². The smallest absolute Gasteiger partial charge is 0.201 e. The lowest BCUT2D eigenvalue weighted by atomic mass is 10.1. The first kappa shape index (κ1) is 13.6. The molecule has 4 heteroatoms. The molecule has 1 heterocycles. The molecule has 4 nitrogen and oxygen atoms in total. The van der Waals surface area contributed by atoms with Crippen molar-refractivity contribution in [2.75, 3.05) is 12.3 Å². The van der Waals surface area contributed by atoms with Gasteiger partial charge in [-0.1, -0.05) is 42.5 Å². The maximum atomic E-state index is 6.00. The van der Waals surface area contributed by atoms with Crippen LogP contribution in [-0.4, -0.2) is 16.2 Å². The second-order valence-corrected chi connectivity index (χ2v) is 5.47. The Bertz CT molecular complexity index is 975. The molecule has 4 rings (SSSR count). The van der Waals surface area contributed by atoms with E-state index in [1.54, 1.807) is 0 Å². The van der Waals surface area contributed by atoms with E-state index in [1.165, 1.54) is 10.8 Å². The van der Waals surface area contributed by atoms with E-state index in [4.69, 9.17) is 10.5 Å².